The SMILES string of the molecule is C=C(CC1CCC(C)CC1)C1CCCCC1. The van der Waals surface area contributed by atoms with Gasteiger partial charge in [-0.2, -0.15) is 0 Å². The molecule has 0 atom stereocenters. The highest BCUT2D eigenvalue weighted by molar-refractivity contribution is 5.03. The van der Waals surface area contributed by atoms with E-state index >= 15 is 0 Å². The van der Waals surface area contributed by atoms with E-state index in [-0.39, 0.29) is 0 Å². The molecule has 0 aromatic rings. The molecule has 0 aliphatic heterocycles. The molecule has 92 valence electrons. The largest absolute Gasteiger partial charge is 0.0996 e. The van der Waals surface area contributed by atoms with Gasteiger partial charge in [0.05, 0.1) is 0 Å². The Hall–Kier alpha value is -0.260. The zero-order valence-electron chi connectivity index (χ0n) is 11.0. The molecule has 0 heterocycles. The number of allylic oxidation sites excluding steroid dienone is 1. The average molecular weight is 220 g/mol. The van der Waals surface area contributed by atoms with Crippen LogP contribution in [0, 0.1) is 17.8 Å². The minimum absolute atomic E-state index is 0.882. The Bertz CT molecular complexity index is 214. The van der Waals surface area contributed by atoms with Gasteiger partial charge in [-0.15, -0.1) is 0 Å². The van der Waals surface area contributed by atoms with Gasteiger partial charge in [-0.1, -0.05) is 51.2 Å². The van der Waals surface area contributed by atoms with E-state index in [9.17, 15) is 0 Å². The maximum Gasteiger partial charge on any atom is -0.0206 e. The quantitative estimate of drug-likeness (QED) is 0.563. The first-order chi connectivity index (χ1) is 7.75. The van der Waals surface area contributed by atoms with Gasteiger partial charge in [-0.3, -0.25) is 0 Å². The van der Waals surface area contributed by atoms with E-state index in [1.165, 1.54) is 64.2 Å². The Morgan fingerprint density at radius 2 is 1.56 bits per heavy atom. The molecule has 0 amide bonds. The molecule has 0 aromatic carbocycles. The molecular formula is C16H28. The van der Waals surface area contributed by atoms with Crippen molar-refractivity contribution in [3.8, 4) is 0 Å². The normalized spacial score (nSPS) is 32.6. The van der Waals surface area contributed by atoms with Crippen LogP contribution in [-0.2, 0) is 0 Å². The standard InChI is InChI=1S/C16H28/c1-13-8-10-15(11-9-13)12-14(2)16-6-4-3-5-7-16/h13,15-16H,2-12H2,1H3. The minimum atomic E-state index is 0.882. The fraction of sp³-hybridized carbons (Fsp3) is 0.875. The van der Waals surface area contributed by atoms with E-state index in [0.717, 1.165) is 17.8 Å². The third kappa shape index (κ3) is 3.37. The van der Waals surface area contributed by atoms with E-state index in [1.54, 1.807) is 5.57 Å². The Morgan fingerprint density at radius 3 is 2.19 bits per heavy atom. The molecule has 0 spiro atoms. The van der Waals surface area contributed by atoms with Crippen molar-refractivity contribution in [3.63, 3.8) is 0 Å². The zero-order valence-corrected chi connectivity index (χ0v) is 11.0. The van der Waals surface area contributed by atoms with Crippen molar-refractivity contribution in [2.24, 2.45) is 17.8 Å². The Morgan fingerprint density at radius 1 is 0.938 bits per heavy atom. The first-order valence-corrected chi connectivity index (χ1v) is 7.43. The van der Waals surface area contributed by atoms with E-state index in [0.29, 0.717) is 0 Å². The lowest BCUT2D eigenvalue weighted by atomic mass is 9.76. The molecule has 0 unspecified atom stereocenters. The van der Waals surface area contributed by atoms with Crippen LogP contribution in [0.15, 0.2) is 12.2 Å². The van der Waals surface area contributed by atoms with Crippen LogP contribution in [0.25, 0.3) is 0 Å². The fourth-order valence-electron chi connectivity index (χ4n) is 3.58. The molecule has 0 N–H and O–H groups in total. The van der Waals surface area contributed by atoms with Gasteiger partial charge in [0.2, 0.25) is 0 Å². The molecule has 16 heavy (non-hydrogen) atoms. The summed E-state index contributed by atoms with van der Waals surface area (Å²) in [5, 5.41) is 0. The molecule has 0 bridgehead atoms. The molecule has 0 saturated heterocycles. The van der Waals surface area contributed by atoms with Crippen LogP contribution in [0.1, 0.15) is 71.1 Å². The van der Waals surface area contributed by atoms with Crippen molar-refractivity contribution in [2.75, 3.05) is 0 Å². The summed E-state index contributed by atoms with van der Waals surface area (Å²) < 4.78 is 0. The van der Waals surface area contributed by atoms with Gasteiger partial charge < -0.3 is 0 Å². The summed E-state index contributed by atoms with van der Waals surface area (Å²) in [5.41, 5.74) is 1.60. The van der Waals surface area contributed by atoms with Crippen LogP contribution < -0.4 is 0 Å². The van der Waals surface area contributed by atoms with Gasteiger partial charge in [0, 0.05) is 0 Å². The second-order valence-corrected chi connectivity index (χ2v) is 6.32. The Labute approximate surface area is 102 Å². The summed E-state index contributed by atoms with van der Waals surface area (Å²) in [4.78, 5) is 0. The van der Waals surface area contributed by atoms with Crippen LogP contribution in [-0.4, -0.2) is 0 Å². The predicted molar refractivity (Wildman–Crippen MR) is 71.5 cm³/mol. The number of hydrogen-bond acceptors (Lipinski definition) is 0. The van der Waals surface area contributed by atoms with Crippen molar-refractivity contribution in [1.82, 2.24) is 0 Å². The first kappa shape index (κ1) is 12.2. The highest BCUT2D eigenvalue weighted by atomic mass is 14.3. The van der Waals surface area contributed by atoms with E-state index in [1.807, 2.05) is 0 Å². The third-order valence-electron chi connectivity index (χ3n) is 4.87. The molecule has 0 nitrogen and oxygen atoms in total. The fourth-order valence-corrected chi connectivity index (χ4v) is 3.58. The van der Waals surface area contributed by atoms with Crippen LogP contribution in [0.2, 0.25) is 0 Å². The summed E-state index contributed by atoms with van der Waals surface area (Å²) in [6.45, 7) is 6.80. The minimum Gasteiger partial charge on any atom is -0.0996 e. The van der Waals surface area contributed by atoms with Crippen molar-refractivity contribution in [1.29, 1.82) is 0 Å². The molecule has 2 rings (SSSR count). The summed E-state index contributed by atoms with van der Waals surface area (Å²) in [7, 11) is 0. The molecular weight excluding hydrogens is 192 g/mol. The molecule has 0 aromatic heterocycles. The van der Waals surface area contributed by atoms with Gasteiger partial charge in [-0.05, 0) is 49.9 Å². The van der Waals surface area contributed by atoms with Crippen molar-refractivity contribution in [2.45, 2.75) is 71.1 Å². The summed E-state index contributed by atoms with van der Waals surface area (Å²) in [5.74, 6) is 2.85. The maximum atomic E-state index is 4.39. The van der Waals surface area contributed by atoms with Crippen LogP contribution in [0.3, 0.4) is 0 Å². The smallest absolute Gasteiger partial charge is 0.0206 e. The predicted octanol–water partition coefficient (Wildman–Crippen LogP) is 5.34. The second-order valence-electron chi connectivity index (χ2n) is 6.32. The third-order valence-corrected chi connectivity index (χ3v) is 4.87. The van der Waals surface area contributed by atoms with Gasteiger partial charge in [-0.25, -0.2) is 0 Å². The van der Waals surface area contributed by atoms with Gasteiger partial charge in [0.15, 0.2) is 0 Å². The van der Waals surface area contributed by atoms with Crippen molar-refractivity contribution in [3.05, 3.63) is 12.2 Å². The zero-order chi connectivity index (χ0) is 11.4. The first-order valence-electron chi connectivity index (χ1n) is 7.43. The topological polar surface area (TPSA) is 0 Å². The molecule has 2 saturated carbocycles. The molecule has 2 fully saturated rings. The summed E-state index contributed by atoms with van der Waals surface area (Å²) >= 11 is 0. The molecule has 0 radical (unpaired) electrons. The van der Waals surface area contributed by atoms with Crippen LogP contribution in [0.4, 0.5) is 0 Å². The highest BCUT2D eigenvalue weighted by Crippen LogP contribution is 2.37. The highest BCUT2D eigenvalue weighted by Gasteiger charge is 2.22. The van der Waals surface area contributed by atoms with E-state index < -0.39 is 0 Å². The summed E-state index contributed by atoms with van der Waals surface area (Å²) in [6.07, 6.45) is 14.4. The second kappa shape index (κ2) is 5.89. The molecule has 2 aliphatic rings. The lowest BCUT2D eigenvalue weighted by Gasteiger charge is -2.30. The maximum absolute atomic E-state index is 4.39. The summed E-state index contributed by atoms with van der Waals surface area (Å²) in [6, 6.07) is 0. The van der Waals surface area contributed by atoms with Crippen LogP contribution >= 0.6 is 0 Å². The van der Waals surface area contributed by atoms with Crippen molar-refractivity contribution < 1.29 is 0 Å². The lowest BCUT2D eigenvalue weighted by Crippen LogP contribution is -2.16. The molecule has 0 heteroatoms. The average Bonchev–Trinajstić information content (AvgIpc) is 2.33. The molecule has 2 aliphatic carbocycles. The van der Waals surface area contributed by atoms with Gasteiger partial charge in [0.25, 0.3) is 0 Å². The van der Waals surface area contributed by atoms with Gasteiger partial charge in [0.1, 0.15) is 0 Å². The van der Waals surface area contributed by atoms with E-state index in [4.69, 9.17) is 0 Å². The lowest BCUT2D eigenvalue weighted by molar-refractivity contribution is 0.277. The van der Waals surface area contributed by atoms with Crippen LogP contribution in [0.5, 0.6) is 0 Å². The number of hydrogen-bond donors (Lipinski definition) is 0. The van der Waals surface area contributed by atoms with Gasteiger partial charge >= 0.3 is 0 Å². The van der Waals surface area contributed by atoms with Crippen molar-refractivity contribution >= 4 is 0 Å². The van der Waals surface area contributed by atoms with E-state index in [2.05, 4.69) is 13.5 Å². The number of rotatable bonds is 3. The monoisotopic (exact) mass is 220 g/mol. The Kier molecular flexibility index (Phi) is 4.49. The Balaban J connectivity index is 1.73.